The molecule has 2 unspecified atom stereocenters. The van der Waals surface area contributed by atoms with E-state index in [4.69, 9.17) is 9.84 Å². The van der Waals surface area contributed by atoms with Crippen LogP contribution in [0.15, 0.2) is 24.3 Å². The number of aliphatic carboxylic acids is 1. The van der Waals surface area contributed by atoms with Crippen molar-refractivity contribution < 1.29 is 19.4 Å². The minimum atomic E-state index is -1.02. The molecule has 1 aromatic rings. The van der Waals surface area contributed by atoms with Crippen molar-refractivity contribution in [3.8, 4) is 5.75 Å². The number of urea groups is 1. The molecule has 0 spiro atoms. The van der Waals surface area contributed by atoms with E-state index in [0.29, 0.717) is 12.2 Å². The lowest BCUT2D eigenvalue weighted by Gasteiger charge is -2.29. The molecule has 6 nitrogen and oxygen atoms in total. The SMILES string of the molecule is COc1ccc(C2CC(C(=O)O)NC(=O)N2)cc1. The van der Waals surface area contributed by atoms with Gasteiger partial charge in [-0.25, -0.2) is 9.59 Å². The van der Waals surface area contributed by atoms with E-state index in [1.54, 1.807) is 19.2 Å². The first-order chi connectivity index (χ1) is 8.60. The van der Waals surface area contributed by atoms with Crippen molar-refractivity contribution in [3.05, 3.63) is 29.8 Å². The minimum Gasteiger partial charge on any atom is -0.497 e. The van der Waals surface area contributed by atoms with Crippen LogP contribution >= 0.6 is 0 Å². The van der Waals surface area contributed by atoms with Gasteiger partial charge in [0, 0.05) is 6.42 Å². The Morgan fingerprint density at radius 1 is 1.33 bits per heavy atom. The molecule has 0 bridgehead atoms. The Morgan fingerprint density at radius 2 is 2.00 bits per heavy atom. The first kappa shape index (κ1) is 12.2. The number of amides is 2. The standard InChI is InChI=1S/C12H14N2O4/c1-18-8-4-2-7(3-5-8)9-6-10(11(15)16)14-12(17)13-9/h2-5,9-10H,6H2,1H3,(H,15,16)(H2,13,14,17). The van der Waals surface area contributed by atoms with E-state index < -0.39 is 18.0 Å². The third kappa shape index (κ3) is 2.53. The molecule has 1 aromatic carbocycles. The highest BCUT2D eigenvalue weighted by Gasteiger charge is 2.31. The molecule has 2 amide bonds. The van der Waals surface area contributed by atoms with Crippen molar-refractivity contribution in [1.82, 2.24) is 10.6 Å². The van der Waals surface area contributed by atoms with E-state index in [0.717, 1.165) is 5.56 Å². The van der Waals surface area contributed by atoms with Gasteiger partial charge >= 0.3 is 12.0 Å². The zero-order chi connectivity index (χ0) is 13.1. The number of nitrogens with one attached hydrogen (secondary N) is 2. The van der Waals surface area contributed by atoms with Gasteiger partial charge in [0.05, 0.1) is 13.2 Å². The van der Waals surface area contributed by atoms with E-state index >= 15 is 0 Å². The van der Waals surface area contributed by atoms with Crippen LogP contribution in [0.4, 0.5) is 4.79 Å². The number of carboxylic acid groups (broad SMARTS) is 1. The van der Waals surface area contributed by atoms with Crippen molar-refractivity contribution in [1.29, 1.82) is 0 Å². The molecule has 6 heteroatoms. The average molecular weight is 250 g/mol. The van der Waals surface area contributed by atoms with Crippen molar-refractivity contribution in [2.24, 2.45) is 0 Å². The summed E-state index contributed by atoms with van der Waals surface area (Å²) in [5.74, 6) is -0.308. The fourth-order valence-electron chi connectivity index (χ4n) is 1.93. The van der Waals surface area contributed by atoms with E-state index in [9.17, 15) is 9.59 Å². The van der Waals surface area contributed by atoms with Crippen LogP contribution < -0.4 is 15.4 Å². The molecular formula is C12H14N2O4. The van der Waals surface area contributed by atoms with Crippen molar-refractivity contribution in [2.45, 2.75) is 18.5 Å². The molecule has 1 fully saturated rings. The van der Waals surface area contributed by atoms with Gasteiger partial charge in [-0.05, 0) is 17.7 Å². The summed E-state index contributed by atoms with van der Waals surface area (Å²) < 4.78 is 5.04. The van der Waals surface area contributed by atoms with Crippen LogP contribution in [0, 0.1) is 0 Å². The fourth-order valence-corrected chi connectivity index (χ4v) is 1.93. The second-order valence-corrected chi connectivity index (χ2v) is 4.07. The van der Waals surface area contributed by atoms with E-state index in [-0.39, 0.29) is 6.04 Å². The van der Waals surface area contributed by atoms with Crippen LogP contribution in [0.3, 0.4) is 0 Å². The van der Waals surface area contributed by atoms with Gasteiger partial charge in [-0.2, -0.15) is 0 Å². The number of hydrogen-bond acceptors (Lipinski definition) is 3. The molecule has 1 heterocycles. The van der Waals surface area contributed by atoms with Crippen LogP contribution in [0.2, 0.25) is 0 Å². The monoisotopic (exact) mass is 250 g/mol. The van der Waals surface area contributed by atoms with Gasteiger partial charge in [-0.15, -0.1) is 0 Å². The molecule has 0 saturated carbocycles. The van der Waals surface area contributed by atoms with Gasteiger partial charge in [0.2, 0.25) is 0 Å². The second kappa shape index (κ2) is 4.95. The van der Waals surface area contributed by atoms with Gasteiger partial charge in [-0.3, -0.25) is 0 Å². The summed E-state index contributed by atoms with van der Waals surface area (Å²) in [7, 11) is 1.57. The number of rotatable bonds is 3. The van der Waals surface area contributed by atoms with Crippen LogP contribution in [0.1, 0.15) is 18.0 Å². The molecule has 0 radical (unpaired) electrons. The predicted octanol–water partition coefficient (Wildman–Crippen LogP) is 0.892. The summed E-state index contributed by atoms with van der Waals surface area (Å²) >= 11 is 0. The Hall–Kier alpha value is -2.24. The quantitative estimate of drug-likeness (QED) is 0.743. The lowest BCUT2D eigenvalue weighted by atomic mass is 9.97. The summed E-state index contributed by atoms with van der Waals surface area (Å²) in [4.78, 5) is 22.3. The number of methoxy groups -OCH3 is 1. The Kier molecular flexibility index (Phi) is 3.36. The number of hydrogen-bond donors (Lipinski definition) is 3. The summed E-state index contributed by atoms with van der Waals surface area (Å²) in [6, 6.07) is 5.56. The van der Waals surface area contributed by atoms with E-state index in [2.05, 4.69) is 10.6 Å². The van der Waals surface area contributed by atoms with E-state index in [1.165, 1.54) is 0 Å². The van der Waals surface area contributed by atoms with E-state index in [1.807, 2.05) is 12.1 Å². The topological polar surface area (TPSA) is 87.7 Å². The highest BCUT2D eigenvalue weighted by atomic mass is 16.5. The lowest BCUT2D eigenvalue weighted by molar-refractivity contribution is -0.139. The number of carbonyl (C=O) groups excluding carboxylic acids is 1. The van der Waals surface area contributed by atoms with Crippen molar-refractivity contribution in [2.75, 3.05) is 7.11 Å². The summed E-state index contributed by atoms with van der Waals surface area (Å²) in [5, 5.41) is 14.0. The zero-order valence-electron chi connectivity index (χ0n) is 9.84. The van der Waals surface area contributed by atoms with Crippen molar-refractivity contribution in [3.63, 3.8) is 0 Å². The van der Waals surface area contributed by atoms with Crippen LogP contribution in [-0.2, 0) is 4.79 Å². The zero-order valence-corrected chi connectivity index (χ0v) is 9.84. The summed E-state index contributed by atoms with van der Waals surface area (Å²) in [5.41, 5.74) is 0.858. The van der Waals surface area contributed by atoms with Gasteiger partial charge in [0.1, 0.15) is 11.8 Å². The van der Waals surface area contributed by atoms with Gasteiger partial charge in [0.25, 0.3) is 0 Å². The molecule has 3 N–H and O–H groups in total. The average Bonchev–Trinajstić information content (AvgIpc) is 2.38. The highest BCUT2D eigenvalue weighted by molar-refractivity contribution is 5.84. The smallest absolute Gasteiger partial charge is 0.326 e. The van der Waals surface area contributed by atoms with Crippen LogP contribution in [0.5, 0.6) is 5.75 Å². The molecule has 0 aliphatic carbocycles. The maximum Gasteiger partial charge on any atom is 0.326 e. The normalized spacial score (nSPS) is 22.8. The van der Waals surface area contributed by atoms with Crippen LogP contribution in [-0.4, -0.2) is 30.3 Å². The third-order valence-electron chi connectivity index (χ3n) is 2.90. The summed E-state index contributed by atoms with van der Waals surface area (Å²) in [6.07, 6.45) is 0.313. The molecule has 2 rings (SSSR count). The molecule has 1 aliphatic heterocycles. The maximum absolute atomic E-state index is 11.4. The maximum atomic E-state index is 11.4. The second-order valence-electron chi connectivity index (χ2n) is 4.07. The molecule has 18 heavy (non-hydrogen) atoms. The molecule has 96 valence electrons. The molecular weight excluding hydrogens is 236 g/mol. The first-order valence-electron chi connectivity index (χ1n) is 5.54. The molecule has 1 aliphatic rings. The Morgan fingerprint density at radius 3 is 2.56 bits per heavy atom. The molecule has 2 atom stereocenters. The highest BCUT2D eigenvalue weighted by Crippen LogP contribution is 2.23. The Bertz CT molecular complexity index is 458. The molecule has 1 saturated heterocycles. The lowest BCUT2D eigenvalue weighted by Crippen LogP contribution is -2.53. The number of ether oxygens (including phenoxy) is 1. The van der Waals surface area contributed by atoms with Crippen molar-refractivity contribution >= 4 is 12.0 Å². The summed E-state index contributed by atoms with van der Waals surface area (Å²) in [6.45, 7) is 0. The first-order valence-corrected chi connectivity index (χ1v) is 5.54. The largest absolute Gasteiger partial charge is 0.497 e. The fraction of sp³-hybridized carbons (Fsp3) is 0.333. The van der Waals surface area contributed by atoms with Crippen LogP contribution in [0.25, 0.3) is 0 Å². The third-order valence-corrected chi connectivity index (χ3v) is 2.90. The van der Waals surface area contributed by atoms with Gasteiger partial charge in [-0.1, -0.05) is 12.1 Å². The number of carbonyl (C=O) groups is 2. The Balaban J connectivity index is 2.15. The van der Waals surface area contributed by atoms with Gasteiger partial charge < -0.3 is 20.5 Å². The number of carboxylic acids is 1. The minimum absolute atomic E-state index is 0.300. The predicted molar refractivity (Wildman–Crippen MR) is 63.4 cm³/mol. The Labute approximate surface area is 104 Å². The number of benzene rings is 1. The molecule has 0 aromatic heterocycles. The van der Waals surface area contributed by atoms with Gasteiger partial charge in [0.15, 0.2) is 0 Å².